The summed E-state index contributed by atoms with van der Waals surface area (Å²) in [6, 6.07) is 0. The predicted octanol–water partition coefficient (Wildman–Crippen LogP) is 0.770. The van der Waals surface area contributed by atoms with Gasteiger partial charge in [-0.25, -0.2) is 4.98 Å². The number of hydrogen-bond acceptors (Lipinski definition) is 4. The maximum absolute atomic E-state index is 12.5. The van der Waals surface area contributed by atoms with Crippen LogP contribution in [0.4, 0.5) is 0 Å². The first-order valence-corrected chi connectivity index (χ1v) is 6.96. The van der Waals surface area contributed by atoms with E-state index in [1.165, 1.54) is 11.3 Å². The van der Waals surface area contributed by atoms with Crippen LogP contribution >= 0.6 is 11.3 Å². The maximum Gasteiger partial charge on any atom is 0.249 e. The van der Waals surface area contributed by atoms with Crippen molar-refractivity contribution in [3.63, 3.8) is 0 Å². The van der Waals surface area contributed by atoms with E-state index >= 15 is 0 Å². The predicted molar refractivity (Wildman–Crippen MR) is 66.8 cm³/mol. The number of rotatable bonds is 3. The van der Waals surface area contributed by atoms with Crippen molar-refractivity contribution in [2.24, 2.45) is 5.92 Å². The van der Waals surface area contributed by atoms with Crippen molar-refractivity contribution in [3.05, 3.63) is 16.6 Å². The molecule has 1 atom stereocenters. The van der Waals surface area contributed by atoms with Gasteiger partial charge in [-0.1, -0.05) is 0 Å². The standard InChI is InChI=1S/C12H15N3O2S/c1-12(8-2-3-8)11(17)15(6-9(16)14-12)7-10-13-4-5-18-10/h4-5,8H,2-3,6-7H2,1H3,(H,14,16). The Labute approximate surface area is 109 Å². The molecule has 2 amide bonds. The molecule has 1 saturated heterocycles. The molecule has 1 saturated carbocycles. The van der Waals surface area contributed by atoms with Crippen molar-refractivity contribution < 1.29 is 9.59 Å². The molecule has 2 heterocycles. The van der Waals surface area contributed by atoms with Gasteiger partial charge in [0.15, 0.2) is 0 Å². The maximum atomic E-state index is 12.5. The summed E-state index contributed by atoms with van der Waals surface area (Å²) >= 11 is 1.51. The summed E-state index contributed by atoms with van der Waals surface area (Å²) in [5.74, 6) is 0.258. The van der Waals surface area contributed by atoms with Crippen molar-refractivity contribution in [2.45, 2.75) is 31.8 Å². The number of carbonyl (C=O) groups is 2. The highest BCUT2D eigenvalue weighted by atomic mass is 32.1. The van der Waals surface area contributed by atoms with Crippen LogP contribution in [0.3, 0.4) is 0 Å². The molecule has 6 heteroatoms. The summed E-state index contributed by atoms with van der Waals surface area (Å²) in [5.41, 5.74) is -0.702. The van der Waals surface area contributed by atoms with Crippen LogP contribution in [-0.4, -0.2) is 33.8 Å². The Balaban J connectivity index is 1.81. The van der Waals surface area contributed by atoms with E-state index in [1.807, 2.05) is 12.3 Å². The lowest BCUT2D eigenvalue weighted by Gasteiger charge is -2.39. The van der Waals surface area contributed by atoms with Gasteiger partial charge in [-0.15, -0.1) is 11.3 Å². The van der Waals surface area contributed by atoms with Gasteiger partial charge >= 0.3 is 0 Å². The molecule has 0 bridgehead atoms. The van der Waals surface area contributed by atoms with Crippen LogP contribution in [0.5, 0.6) is 0 Å². The van der Waals surface area contributed by atoms with E-state index in [0.29, 0.717) is 12.5 Å². The molecule has 0 spiro atoms. The Morgan fingerprint density at radius 2 is 2.33 bits per heavy atom. The molecular weight excluding hydrogens is 250 g/mol. The lowest BCUT2D eigenvalue weighted by Crippen LogP contribution is -2.66. The topological polar surface area (TPSA) is 62.3 Å². The molecule has 1 N–H and O–H groups in total. The molecule has 1 aliphatic carbocycles. The number of hydrogen-bond donors (Lipinski definition) is 1. The zero-order chi connectivity index (χ0) is 12.8. The third kappa shape index (κ3) is 1.90. The average molecular weight is 265 g/mol. The van der Waals surface area contributed by atoms with Gasteiger partial charge in [0.25, 0.3) is 0 Å². The highest BCUT2D eigenvalue weighted by molar-refractivity contribution is 7.09. The fourth-order valence-electron chi connectivity index (χ4n) is 2.52. The molecule has 96 valence electrons. The molecule has 2 fully saturated rings. The van der Waals surface area contributed by atoms with E-state index < -0.39 is 5.54 Å². The first-order chi connectivity index (χ1) is 8.59. The van der Waals surface area contributed by atoms with Gasteiger partial charge in [0.05, 0.1) is 6.54 Å². The van der Waals surface area contributed by atoms with Crippen LogP contribution < -0.4 is 5.32 Å². The van der Waals surface area contributed by atoms with Gasteiger partial charge < -0.3 is 10.2 Å². The van der Waals surface area contributed by atoms with Crippen LogP contribution in [0, 0.1) is 5.92 Å². The van der Waals surface area contributed by atoms with Gasteiger partial charge in [-0.05, 0) is 25.7 Å². The fraction of sp³-hybridized carbons (Fsp3) is 0.583. The van der Waals surface area contributed by atoms with E-state index in [2.05, 4.69) is 10.3 Å². The van der Waals surface area contributed by atoms with E-state index in [4.69, 9.17) is 0 Å². The highest BCUT2D eigenvalue weighted by Gasteiger charge is 2.52. The van der Waals surface area contributed by atoms with Crippen LogP contribution in [0.25, 0.3) is 0 Å². The van der Waals surface area contributed by atoms with Crippen molar-refractivity contribution in [1.82, 2.24) is 15.2 Å². The minimum Gasteiger partial charge on any atom is -0.340 e. The smallest absolute Gasteiger partial charge is 0.249 e. The first-order valence-electron chi connectivity index (χ1n) is 6.08. The van der Waals surface area contributed by atoms with Gasteiger partial charge in [-0.3, -0.25) is 9.59 Å². The molecule has 5 nitrogen and oxygen atoms in total. The molecule has 1 aromatic heterocycles. The zero-order valence-corrected chi connectivity index (χ0v) is 11.0. The summed E-state index contributed by atoms with van der Waals surface area (Å²) in [6.45, 7) is 2.42. The normalized spacial score (nSPS) is 28.4. The fourth-order valence-corrected chi connectivity index (χ4v) is 3.15. The number of nitrogens with one attached hydrogen (secondary N) is 1. The number of nitrogens with zero attached hydrogens (tertiary/aromatic N) is 2. The minimum atomic E-state index is -0.702. The molecule has 1 aromatic rings. The van der Waals surface area contributed by atoms with Gasteiger partial charge in [0, 0.05) is 11.6 Å². The van der Waals surface area contributed by atoms with E-state index in [0.717, 1.165) is 17.8 Å². The third-order valence-corrected chi connectivity index (χ3v) is 4.43. The Bertz CT molecular complexity index is 484. The second-order valence-corrected chi connectivity index (χ2v) is 6.09. The van der Waals surface area contributed by atoms with Crippen molar-refractivity contribution >= 4 is 23.2 Å². The molecule has 1 aliphatic heterocycles. The zero-order valence-electron chi connectivity index (χ0n) is 10.2. The van der Waals surface area contributed by atoms with E-state index in [1.54, 1.807) is 11.1 Å². The number of piperazine rings is 1. The number of thiazole rings is 1. The quantitative estimate of drug-likeness (QED) is 0.878. The van der Waals surface area contributed by atoms with Crippen LogP contribution in [-0.2, 0) is 16.1 Å². The summed E-state index contributed by atoms with van der Waals surface area (Å²) in [6.07, 6.45) is 3.76. The first kappa shape index (κ1) is 11.6. The highest BCUT2D eigenvalue weighted by Crippen LogP contribution is 2.41. The molecule has 2 aliphatic rings. The third-order valence-electron chi connectivity index (χ3n) is 3.67. The summed E-state index contributed by atoms with van der Waals surface area (Å²) in [7, 11) is 0. The molecule has 3 rings (SSSR count). The number of carbonyl (C=O) groups excluding carboxylic acids is 2. The Kier molecular flexibility index (Phi) is 2.62. The second kappa shape index (κ2) is 4.05. The van der Waals surface area contributed by atoms with E-state index in [9.17, 15) is 9.59 Å². The molecule has 0 radical (unpaired) electrons. The van der Waals surface area contributed by atoms with Gasteiger partial charge in [0.1, 0.15) is 17.1 Å². The summed E-state index contributed by atoms with van der Waals surface area (Å²) in [5, 5.41) is 5.62. The van der Waals surface area contributed by atoms with Crippen molar-refractivity contribution in [2.75, 3.05) is 6.54 Å². The molecule has 1 unspecified atom stereocenters. The van der Waals surface area contributed by atoms with Crippen LogP contribution in [0.2, 0.25) is 0 Å². The number of amides is 2. The second-order valence-electron chi connectivity index (χ2n) is 5.11. The summed E-state index contributed by atoms with van der Waals surface area (Å²) in [4.78, 5) is 30.1. The lowest BCUT2D eigenvalue weighted by atomic mass is 9.91. The Hall–Kier alpha value is -1.43. The minimum absolute atomic E-state index is 0.0276. The molecular formula is C12H15N3O2S. The molecule has 18 heavy (non-hydrogen) atoms. The van der Waals surface area contributed by atoms with Gasteiger partial charge in [0.2, 0.25) is 11.8 Å². The monoisotopic (exact) mass is 265 g/mol. The average Bonchev–Trinajstić information content (AvgIpc) is 3.06. The Morgan fingerprint density at radius 3 is 2.94 bits per heavy atom. The summed E-state index contributed by atoms with van der Waals surface area (Å²) < 4.78 is 0. The van der Waals surface area contributed by atoms with Gasteiger partial charge in [-0.2, -0.15) is 0 Å². The molecule has 0 aromatic carbocycles. The largest absolute Gasteiger partial charge is 0.340 e. The van der Waals surface area contributed by atoms with Crippen molar-refractivity contribution in [3.8, 4) is 0 Å². The Morgan fingerprint density at radius 1 is 1.56 bits per heavy atom. The SMILES string of the molecule is CC1(C2CC2)NC(=O)CN(Cc2nccs2)C1=O. The van der Waals surface area contributed by atoms with Crippen molar-refractivity contribution in [1.29, 1.82) is 0 Å². The number of aromatic nitrogens is 1. The van der Waals surface area contributed by atoms with Crippen LogP contribution in [0.15, 0.2) is 11.6 Å². The van der Waals surface area contributed by atoms with E-state index in [-0.39, 0.29) is 18.4 Å². The van der Waals surface area contributed by atoms with Crippen LogP contribution in [0.1, 0.15) is 24.8 Å². The lowest BCUT2D eigenvalue weighted by molar-refractivity contribution is -0.150.